The average Bonchev–Trinajstić information content (AvgIpc) is 2.80. The van der Waals surface area contributed by atoms with Crippen LogP contribution in [0.25, 0.3) is 0 Å². The van der Waals surface area contributed by atoms with Crippen molar-refractivity contribution in [2.45, 2.75) is 31.4 Å². The number of hydrogen-bond donors (Lipinski definition) is 2. The van der Waals surface area contributed by atoms with E-state index in [1.165, 1.54) is 4.90 Å². The molecule has 0 spiro atoms. The molecule has 5 nitrogen and oxygen atoms in total. The van der Waals surface area contributed by atoms with Crippen molar-refractivity contribution in [2.75, 3.05) is 6.54 Å². The van der Waals surface area contributed by atoms with E-state index in [9.17, 15) is 14.7 Å². The highest BCUT2D eigenvalue weighted by atomic mass is 35.5. The Hall–Kier alpha value is -1.30. The number of aliphatic hydroxyl groups is 1. The lowest BCUT2D eigenvalue weighted by atomic mass is 10.1. The fourth-order valence-electron chi connectivity index (χ4n) is 2.43. The third-order valence-electron chi connectivity index (χ3n) is 3.51. The zero-order valence-electron chi connectivity index (χ0n) is 11.1. The number of aryl methyl sites for hydroxylation is 1. The molecule has 1 aromatic carbocycles. The lowest BCUT2D eigenvalue weighted by molar-refractivity contribution is -0.148. The van der Waals surface area contributed by atoms with E-state index >= 15 is 0 Å². The summed E-state index contributed by atoms with van der Waals surface area (Å²) < 4.78 is 0. The minimum absolute atomic E-state index is 0.0597. The molecular weight excluding hydrogens is 317 g/mol. The molecule has 1 saturated heterocycles. The highest BCUT2D eigenvalue weighted by Crippen LogP contribution is 2.24. The third-order valence-corrected chi connectivity index (χ3v) is 4.09. The average molecular weight is 332 g/mol. The molecule has 2 N–H and O–H groups in total. The summed E-state index contributed by atoms with van der Waals surface area (Å²) in [6.07, 6.45) is -0.178. The monoisotopic (exact) mass is 331 g/mol. The number of aliphatic carboxylic acids is 1. The van der Waals surface area contributed by atoms with Crippen molar-refractivity contribution in [3.63, 3.8) is 0 Å². The number of carbonyl (C=O) groups excluding carboxylic acids is 1. The Kier molecular flexibility index (Phi) is 5.08. The summed E-state index contributed by atoms with van der Waals surface area (Å²) in [6, 6.07) is 4.08. The van der Waals surface area contributed by atoms with E-state index in [4.69, 9.17) is 28.3 Å². The molecule has 2 rings (SSSR count). The fourth-order valence-corrected chi connectivity index (χ4v) is 2.94. The lowest BCUT2D eigenvalue weighted by Gasteiger charge is -2.21. The van der Waals surface area contributed by atoms with Crippen molar-refractivity contribution in [2.24, 2.45) is 0 Å². The number of aliphatic hydroxyl groups excluding tert-OH is 1. The van der Waals surface area contributed by atoms with Gasteiger partial charge in [-0.2, -0.15) is 0 Å². The Morgan fingerprint density at radius 3 is 2.67 bits per heavy atom. The van der Waals surface area contributed by atoms with E-state index in [1.807, 2.05) is 0 Å². The molecule has 0 saturated carbocycles. The largest absolute Gasteiger partial charge is 0.480 e. The van der Waals surface area contributed by atoms with Crippen LogP contribution in [0.15, 0.2) is 18.2 Å². The molecule has 0 radical (unpaired) electrons. The van der Waals surface area contributed by atoms with Crippen molar-refractivity contribution in [1.29, 1.82) is 0 Å². The molecular formula is C14H15Cl2NO4. The summed E-state index contributed by atoms with van der Waals surface area (Å²) in [5.74, 6) is -1.39. The van der Waals surface area contributed by atoms with Gasteiger partial charge in [-0.1, -0.05) is 29.3 Å². The minimum Gasteiger partial charge on any atom is -0.480 e. The molecule has 21 heavy (non-hydrogen) atoms. The number of carbonyl (C=O) groups is 2. The van der Waals surface area contributed by atoms with Crippen LogP contribution in [0.5, 0.6) is 0 Å². The van der Waals surface area contributed by atoms with Crippen LogP contribution in [0.4, 0.5) is 0 Å². The highest BCUT2D eigenvalue weighted by molar-refractivity contribution is 6.35. The van der Waals surface area contributed by atoms with Gasteiger partial charge in [0.25, 0.3) is 0 Å². The summed E-state index contributed by atoms with van der Waals surface area (Å²) in [4.78, 5) is 24.4. The Morgan fingerprint density at radius 1 is 1.33 bits per heavy atom. The maximum atomic E-state index is 12.1. The van der Waals surface area contributed by atoms with E-state index in [0.717, 1.165) is 5.56 Å². The molecule has 1 heterocycles. The van der Waals surface area contributed by atoms with E-state index in [-0.39, 0.29) is 25.3 Å². The number of halogens is 2. The quantitative estimate of drug-likeness (QED) is 0.884. The van der Waals surface area contributed by atoms with Gasteiger partial charge in [0.15, 0.2) is 0 Å². The van der Waals surface area contributed by atoms with Crippen LogP contribution in [0.3, 0.4) is 0 Å². The van der Waals surface area contributed by atoms with Gasteiger partial charge in [-0.25, -0.2) is 4.79 Å². The molecule has 0 aliphatic carbocycles. The highest BCUT2D eigenvalue weighted by Gasteiger charge is 2.38. The lowest BCUT2D eigenvalue weighted by Crippen LogP contribution is -2.40. The van der Waals surface area contributed by atoms with Crippen LogP contribution in [-0.4, -0.2) is 45.7 Å². The maximum absolute atomic E-state index is 12.1. The number of carboxylic acid groups (broad SMARTS) is 1. The minimum atomic E-state index is -1.09. The van der Waals surface area contributed by atoms with Crippen molar-refractivity contribution < 1.29 is 19.8 Å². The number of rotatable bonds is 4. The summed E-state index contributed by atoms with van der Waals surface area (Å²) in [7, 11) is 0. The third kappa shape index (κ3) is 3.87. The number of nitrogens with zero attached hydrogens (tertiary/aromatic N) is 1. The molecule has 1 aliphatic rings. The van der Waals surface area contributed by atoms with Gasteiger partial charge >= 0.3 is 5.97 Å². The van der Waals surface area contributed by atoms with E-state index in [2.05, 4.69) is 0 Å². The van der Waals surface area contributed by atoms with Crippen molar-refractivity contribution in [3.8, 4) is 0 Å². The van der Waals surface area contributed by atoms with E-state index < -0.39 is 18.1 Å². The first-order valence-corrected chi connectivity index (χ1v) is 7.28. The molecule has 1 aromatic rings. The second-order valence-corrected chi connectivity index (χ2v) is 5.87. The number of carboxylic acids is 1. The van der Waals surface area contributed by atoms with Crippen molar-refractivity contribution >= 4 is 35.1 Å². The Labute approximate surface area is 132 Å². The Balaban J connectivity index is 1.99. The standard InChI is InChI=1S/C14H15Cl2NO4/c15-9-3-1-8(11(16)5-9)2-4-13(19)17-7-10(18)6-12(17)14(20)21/h1,3,5,10,12,18H,2,4,6-7H2,(H,20,21)/t10-,12-/m1/s1. The van der Waals surface area contributed by atoms with Gasteiger partial charge in [-0.15, -0.1) is 0 Å². The molecule has 1 amide bonds. The second-order valence-electron chi connectivity index (χ2n) is 5.03. The number of benzene rings is 1. The van der Waals surface area contributed by atoms with Crippen LogP contribution in [-0.2, 0) is 16.0 Å². The summed E-state index contributed by atoms with van der Waals surface area (Å²) >= 11 is 11.8. The van der Waals surface area contributed by atoms with Gasteiger partial charge in [0.2, 0.25) is 5.91 Å². The number of hydrogen-bond acceptors (Lipinski definition) is 3. The topological polar surface area (TPSA) is 77.8 Å². The van der Waals surface area contributed by atoms with Crippen molar-refractivity contribution in [3.05, 3.63) is 33.8 Å². The van der Waals surface area contributed by atoms with Crippen molar-refractivity contribution in [1.82, 2.24) is 4.90 Å². The zero-order chi connectivity index (χ0) is 15.6. The summed E-state index contributed by atoms with van der Waals surface area (Å²) in [5, 5.41) is 19.6. The molecule has 0 unspecified atom stereocenters. The maximum Gasteiger partial charge on any atom is 0.326 e. The van der Waals surface area contributed by atoms with Gasteiger partial charge < -0.3 is 15.1 Å². The van der Waals surface area contributed by atoms with Crippen LogP contribution in [0.2, 0.25) is 10.0 Å². The van der Waals surface area contributed by atoms with E-state index in [0.29, 0.717) is 16.5 Å². The summed E-state index contributed by atoms with van der Waals surface area (Å²) in [6.45, 7) is 0.0597. The normalized spacial score (nSPS) is 21.6. The first-order valence-electron chi connectivity index (χ1n) is 6.52. The van der Waals surface area contributed by atoms with Crippen LogP contribution in [0, 0.1) is 0 Å². The smallest absolute Gasteiger partial charge is 0.326 e. The predicted molar refractivity (Wildman–Crippen MR) is 78.5 cm³/mol. The second kappa shape index (κ2) is 6.64. The molecule has 1 fully saturated rings. The first kappa shape index (κ1) is 16.1. The van der Waals surface area contributed by atoms with Gasteiger partial charge in [0, 0.05) is 29.4 Å². The van der Waals surface area contributed by atoms with Gasteiger partial charge in [0.05, 0.1) is 6.10 Å². The molecule has 0 aromatic heterocycles. The Bertz CT molecular complexity index is 564. The van der Waals surface area contributed by atoms with E-state index in [1.54, 1.807) is 18.2 Å². The molecule has 2 atom stereocenters. The number of likely N-dealkylation sites (tertiary alicyclic amines) is 1. The fraction of sp³-hybridized carbons (Fsp3) is 0.429. The van der Waals surface area contributed by atoms with Crippen LogP contribution >= 0.6 is 23.2 Å². The van der Waals surface area contributed by atoms with Gasteiger partial charge in [-0.05, 0) is 24.1 Å². The predicted octanol–water partition coefficient (Wildman–Crippen LogP) is 1.97. The molecule has 7 heteroatoms. The van der Waals surface area contributed by atoms with Gasteiger partial charge in [0.1, 0.15) is 6.04 Å². The zero-order valence-corrected chi connectivity index (χ0v) is 12.6. The van der Waals surface area contributed by atoms with Crippen LogP contribution < -0.4 is 0 Å². The SMILES string of the molecule is O=C(O)[C@H]1C[C@@H](O)CN1C(=O)CCc1ccc(Cl)cc1Cl. The number of amides is 1. The first-order chi connectivity index (χ1) is 9.88. The summed E-state index contributed by atoms with van der Waals surface area (Å²) in [5.41, 5.74) is 0.779. The molecule has 0 bridgehead atoms. The van der Waals surface area contributed by atoms with Crippen LogP contribution in [0.1, 0.15) is 18.4 Å². The number of β-amino-alcohol motifs (C(OH)–C–C–N with tert-alkyl or cyclic N) is 1. The van der Waals surface area contributed by atoms with Gasteiger partial charge in [-0.3, -0.25) is 4.79 Å². The Morgan fingerprint density at radius 2 is 2.05 bits per heavy atom. The molecule has 1 aliphatic heterocycles. The molecule has 114 valence electrons.